The Morgan fingerprint density at radius 3 is 2.57 bits per heavy atom. The Morgan fingerprint density at radius 2 is 1.89 bits per heavy atom. The van der Waals surface area contributed by atoms with E-state index in [1.165, 1.54) is 11.3 Å². The molecule has 2 aromatic carbocycles. The molecule has 1 atom stereocenters. The van der Waals surface area contributed by atoms with Crippen LogP contribution in [0.25, 0.3) is 16.6 Å². The first-order valence-corrected chi connectivity index (χ1v) is 12.7. The average molecular weight is 490 g/mol. The summed E-state index contributed by atoms with van der Waals surface area (Å²) in [6, 6.07) is 16.3. The third-order valence-corrected chi connectivity index (χ3v) is 7.02. The summed E-state index contributed by atoms with van der Waals surface area (Å²) in [4.78, 5) is 34.9. The van der Waals surface area contributed by atoms with Crippen LogP contribution in [0.5, 0.6) is 5.75 Å². The van der Waals surface area contributed by atoms with Crippen LogP contribution in [0.3, 0.4) is 0 Å². The standard InChI is InChI=1S/C28H31N3O3S/c1-18(2)14-15-30(28(33)25-11-8-16-35-25)20(4)26-29-22-10-7-6-9-21(22)27(32)31(26)23-17-19(3)12-13-24(23)34-5/h6-13,16-18,20H,14-15H2,1-5H3. The fourth-order valence-corrected chi connectivity index (χ4v) is 4.87. The van der Waals surface area contributed by atoms with Gasteiger partial charge in [-0.15, -0.1) is 11.3 Å². The molecule has 0 fully saturated rings. The molecule has 0 N–H and O–H groups in total. The third-order valence-electron chi connectivity index (χ3n) is 6.16. The Hall–Kier alpha value is -3.45. The lowest BCUT2D eigenvalue weighted by molar-refractivity contribution is 0.0676. The number of ether oxygens (including phenoxy) is 1. The zero-order chi connectivity index (χ0) is 25.1. The van der Waals surface area contributed by atoms with Crippen molar-refractivity contribution in [2.45, 2.75) is 40.2 Å². The number of thiophene rings is 1. The lowest BCUT2D eigenvalue weighted by atomic mass is 10.1. The molecular formula is C28H31N3O3S. The Labute approximate surface area is 209 Å². The molecule has 0 saturated carbocycles. The van der Waals surface area contributed by atoms with E-state index in [1.54, 1.807) is 17.7 Å². The fourth-order valence-electron chi connectivity index (χ4n) is 4.19. The number of aromatic nitrogens is 2. The molecule has 0 aliphatic heterocycles. The number of fused-ring (bicyclic) bond motifs is 1. The molecule has 4 aromatic rings. The van der Waals surface area contributed by atoms with Gasteiger partial charge in [0, 0.05) is 6.54 Å². The van der Waals surface area contributed by atoms with E-state index in [9.17, 15) is 9.59 Å². The summed E-state index contributed by atoms with van der Waals surface area (Å²) in [6.07, 6.45) is 0.840. The van der Waals surface area contributed by atoms with Crippen LogP contribution in [-0.2, 0) is 0 Å². The summed E-state index contributed by atoms with van der Waals surface area (Å²) in [5.41, 5.74) is 2.03. The van der Waals surface area contributed by atoms with Gasteiger partial charge in [0.25, 0.3) is 11.5 Å². The highest BCUT2D eigenvalue weighted by atomic mass is 32.1. The molecule has 2 aromatic heterocycles. The van der Waals surface area contributed by atoms with Crippen molar-refractivity contribution < 1.29 is 9.53 Å². The topological polar surface area (TPSA) is 64.4 Å². The number of carbonyl (C=O) groups is 1. The molecule has 6 nitrogen and oxygen atoms in total. The molecule has 182 valence electrons. The van der Waals surface area contributed by atoms with E-state index in [2.05, 4.69) is 13.8 Å². The largest absolute Gasteiger partial charge is 0.495 e. The molecule has 0 bridgehead atoms. The molecule has 35 heavy (non-hydrogen) atoms. The van der Waals surface area contributed by atoms with Gasteiger partial charge in [-0.25, -0.2) is 4.98 Å². The van der Waals surface area contributed by atoms with Gasteiger partial charge in [0.15, 0.2) is 0 Å². The van der Waals surface area contributed by atoms with Gasteiger partial charge >= 0.3 is 0 Å². The zero-order valence-electron chi connectivity index (χ0n) is 20.8. The predicted molar refractivity (Wildman–Crippen MR) is 142 cm³/mol. The van der Waals surface area contributed by atoms with E-state index in [4.69, 9.17) is 9.72 Å². The van der Waals surface area contributed by atoms with Gasteiger partial charge in [0.1, 0.15) is 11.6 Å². The van der Waals surface area contributed by atoms with Gasteiger partial charge in [-0.2, -0.15) is 0 Å². The van der Waals surface area contributed by atoms with Crippen LogP contribution >= 0.6 is 11.3 Å². The lowest BCUT2D eigenvalue weighted by Crippen LogP contribution is -2.38. The minimum absolute atomic E-state index is 0.0571. The predicted octanol–water partition coefficient (Wildman–Crippen LogP) is 6.01. The molecule has 0 saturated heterocycles. The first-order valence-electron chi connectivity index (χ1n) is 11.8. The first-order chi connectivity index (χ1) is 16.8. The average Bonchev–Trinajstić information content (AvgIpc) is 3.39. The number of nitrogens with zero attached hydrogens (tertiary/aromatic N) is 3. The van der Waals surface area contributed by atoms with Gasteiger partial charge in [-0.1, -0.05) is 38.1 Å². The molecule has 2 heterocycles. The van der Waals surface area contributed by atoms with Crippen molar-refractivity contribution in [2.24, 2.45) is 5.92 Å². The number of carbonyl (C=O) groups excluding carboxylic acids is 1. The van der Waals surface area contributed by atoms with Gasteiger partial charge in [0.2, 0.25) is 0 Å². The monoisotopic (exact) mass is 489 g/mol. The molecule has 4 rings (SSSR count). The van der Waals surface area contributed by atoms with Crippen LogP contribution < -0.4 is 10.3 Å². The summed E-state index contributed by atoms with van der Waals surface area (Å²) >= 11 is 1.42. The van der Waals surface area contributed by atoms with E-state index in [1.807, 2.05) is 72.7 Å². The maximum Gasteiger partial charge on any atom is 0.266 e. The normalized spacial score (nSPS) is 12.2. The van der Waals surface area contributed by atoms with Gasteiger partial charge in [-0.05, 0) is 67.5 Å². The quantitative estimate of drug-likeness (QED) is 0.304. The van der Waals surface area contributed by atoms with Crippen LogP contribution in [0.1, 0.15) is 54.3 Å². The Morgan fingerprint density at radius 1 is 1.11 bits per heavy atom. The van der Waals surface area contributed by atoms with Crippen LogP contribution in [0.4, 0.5) is 0 Å². The maximum atomic E-state index is 13.9. The van der Waals surface area contributed by atoms with Crippen LogP contribution in [0, 0.1) is 12.8 Å². The van der Waals surface area contributed by atoms with Crippen molar-refractivity contribution in [3.8, 4) is 11.4 Å². The minimum atomic E-state index is -0.453. The number of aryl methyl sites for hydroxylation is 1. The van der Waals surface area contributed by atoms with Crippen molar-refractivity contribution in [3.05, 3.63) is 86.6 Å². The van der Waals surface area contributed by atoms with Crippen LogP contribution in [0.15, 0.2) is 64.8 Å². The van der Waals surface area contributed by atoms with Crippen LogP contribution in [0.2, 0.25) is 0 Å². The number of amides is 1. The highest BCUT2D eigenvalue weighted by molar-refractivity contribution is 7.12. The Balaban J connectivity index is 1.96. The number of methoxy groups -OCH3 is 1. The fraction of sp³-hybridized carbons (Fsp3) is 0.321. The molecule has 1 unspecified atom stereocenters. The lowest BCUT2D eigenvalue weighted by Gasteiger charge is -2.31. The second kappa shape index (κ2) is 10.4. The van der Waals surface area contributed by atoms with Crippen molar-refractivity contribution in [3.63, 3.8) is 0 Å². The highest BCUT2D eigenvalue weighted by Gasteiger charge is 2.29. The molecule has 0 aliphatic rings. The van der Waals surface area contributed by atoms with Crippen molar-refractivity contribution in [1.29, 1.82) is 0 Å². The van der Waals surface area contributed by atoms with Gasteiger partial charge in [-0.3, -0.25) is 14.2 Å². The Bertz CT molecular complexity index is 1390. The maximum absolute atomic E-state index is 13.9. The second-order valence-electron chi connectivity index (χ2n) is 9.14. The summed E-state index contributed by atoms with van der Waals surface area (Å²) in [6.45, 7) is 8.76. The second-order valence-corrected chi connectivity index (χ2v) is 10.1. The van der Waals surface area contributed by atoms with E-state index in [-0.39, 0.29) is 11.5 Å². The van der Waals surface area contributed by atoms with E-state index >= 15 is 0 Å². The van der Waals surface area contributed by atoms with E-state index in [0.717, 1.165) is 12.0 Å². The third kappa shape index (κ3) is 5.00. The molecule has 0 radical (unpaired) electrons. The smallest absolute Gasteiger partial charge is 0.266 e. The van der Waals surface area contributed by atoms with Gasteiger partial charge < -0.3 is 9.64 Å². The Kier molecular flexibility index (Phi) is 7.36. The number of hydrogen-bond donors (Lipinski definition) is 0. The summed E-state index contributed by atoms with van der Waals surface area (Å²) in [5, 5.41) is 2.42. The SMILES string of the molecule is COc1ccc(C)cc1-n1c(C(C)N(CCC(C)C)C(=O)c2cccs2)nc2ccccc2c1=O. The summed E-state index contributed by atoms with van der Waals surface area (Å²) in [7, 11) is 1.59. The number of rotatable bonds is 8. The molecule has 0 spiro atoms. The highest BCUT2D eigenvalue weighted by Crippen LogP contribution is 2.30. The zero-order valence-corrected chi connectivity index (χ0v) is 21.6. The molecular weight excluding hydrogens is 458 g/mol. The molecule has 1 amide bonds. The summed E-state index contributed by atoms with van der Waals surface area (Å²) in [5.74, 6) is 1.44. The number of benzene rings is 2. The minimum Gasteiger partial charge on any atom is -0.495 e. The van der Waals surface area contributed by atoms with Crippen molar-refractivity contribution in [1.82, 2.24) is 14.5 Å². The van der Waals surface area contributed by atoms with E-state index < -0.39 is 6.04 Å². The summed E-state index contributed by atoms with van der Waals surface area (Å²) < 4.78 is 7.25. The van der Waals surface area contributed by atoms with Crippen molar-refractivity contribution in [2.75, 3.05) is 13.7 Å². The molecule has 7 heteroatoms. The number of para-hydroxylation sites is 1. The van der Waals surface area contributed by atoms with E-state index in [0.29, 0.717) is 45.5 Å². The molecule has 0 aliphatic carbocycles. The van der Waals surface area contributed by atoms with Crippen molar-refractivity contribution >= 4 is 28.1 Å². The number of hydrogen-bond acceptors (Lipinski definition) is 5. The first kappa shape index (κ1) is 24.7. The van der Waals surface area contributed by atoms with Gasteiger partial charge in [0.05, 0.1) is 34.6 Å². The van der Waals surface area contributed by atoms with Crippen LogP contribution in [-0.4, -0.2) is 34.0 Å².